The van der Waals surface area contributed by atoms with Crippen LogP contribution in [0.5, 0.6) is 28.7 Å². The number of rotatable bonds is 31. The molecular formula is C92H74Cl2FN5O24S2. The second-order valence-electron chi connectivity index (χ2n) is 26.0. The maximum atomic E-state index is 13.1. The standard InChI is InChI=1S/C19H14FNO4.C19H15NO5.C19H18O5.C18H14N2O5S.C17H13Cl2NO5S/c1-12(22)18(23)9-19(24)13-3-2-4-17(8-13)25-11-14-5-6-16(20)7-15(14)10-21;1-12(21)18(23)9-19(24)15-6-16(22)8-17(7-15)25-11-14-5-3-2-4-13(14)10-20;1-13(20)18(21)11-19(22)15-6-4-8-17(10-15)24-12-14-5-3-7-16(9-14)23-2;1-12(21)16(22)10-17(23)13-6-4-7-15(9-13)20-26(24,25)18-8-3-2-5-14(18)11-19;1-10(21)15(22)9-16(23)11-3-2-4-13(7-11)20-26(24,25)17-8-12(18)5-6-14(17)19/h2-9,24H,11H2,1H3;2-9,22,24H,11H2,1H3;3-11,22H,12H2,1-2H3;2-10,20,23H,1H3;2-9,20,23H,1H3. The number of phenolic OH excluding ortho intramolecular Hbond substituents is 1. The number of aromatic hydroxyl groups is 1. The van der Waals surface area contributed by atoms with E-state index in [1.807, 2.05) is 36.4 Å². The number of benzene rings is 10. The Labute approximate surface area is 731 Å². The third-order valence-corrected chi connectivity index (χ3v) is 20.0. The molecule has 0 saturated heterocycles. The van der Waals surface area contributed by atoms with Crippen molar-refractivity contribution in [3.63, 3.8) is 0 Å². The number of hydrogen-bond donors (Lipinski definition) is 8. The maximum absolute atomic E-state index is 13.1. The number of allylic oxidation sites excluding steroid dienone is 5. The zero-order valence-electron chi connectivity index (χ0n) is 67.2. The summed E-state index contributed by atoms with van der Waals surface area (Å²) in [6.45, 7) is 5.95. The minimum absolute atomic E-state index is 0.00662. The van der Waals surface area contributed by atoms with E-state index < -0.39 is 101 Å². The minimum atomic E-state index is -4.03. The van der Waals surface area contributed by atoms with Crippen LogP contribution in [0.25, 0.3) is 28.8 Å². The first kappa shape index (κ1) is 98.9. The van der Waals surface area contributed by atoms with Crippen molar-refractivity contribution >= 4 is 141 Å². The predicted octanol–water partition coefficient (Wildman–Crippen LogP) is 15.8. The molecule has 0 atom stereocenters. The molecule has 0 aliphatic rings. The number of hydrogen-bond acceptors (Lipinski definition) is 27. The third kappa shape index (κ3) is 31.3. The van der Waals surface area contributed by atoms with Gasteiger partial charge in [0.1, 0.15) is 99.0 Å². The number of ketones is 10. The van der Waals surface area contributed by atoms with Gasteiger partial charge in [0.2, 0.25) is 28.9 Å². The Hall–Kier alpha value is -15.9. The van der Waals surface area contributed by atoms with Crippen LogP contribution >= 0.6 is 23.2 Å². The molecule has 126 heavy (non-hydrogen) atoms. The molecule has 0 bridgehead atoms. The number of carbonyl (C=O) groups excluding carboxylic acids is 10. The Bertz CT molecular complexity index is 6420. The summed E-state index contributed by atoms with van der Waals surface area (Å²) in [6.07, 6.45) is 4.06. The summed E-state index contributed by atoms with van der Waals surface area (Å²) in [5.74, 6) is -8.50. The predicted molar refractivity (Wildman–Crippen MR) is 463 cm³/mol. The van der Waals surface area contributed by atoms with Crippen molar-refractivity contribution in [1.82, 2.24) is 0 Å². The normalized spacial score (nSPS) is 11.2. The number of aliphatic hydroxyl groups excluding tert-OH is 5. The van der Waals surface area contributed by atoms with Gasteiger partial charge >= 0.3 is 0 Å². The number of nitrogens with one attached hydrogen (secondary N) is 2. The molecule has 644 valence electrons. The number of nitrogens with zero attached hydrogens (tertiary/aromatic N) is 3. The van der Waals surface area contributed by atoms with Crippen molar-refractivity contribution in [3.8, 4) is 47.0 Å². The van der Waals surface area contributed by atoms with E-state index >= 15 is 0 Å². The number of phenols is 1. The Morgan fingerprint density at radius 3 is 1.22 bits per heavy atom. The molecule has 29 nitrogen and oxygen atoms in total. The number of nitriles is 3. The highest BCUT2D eigenvalue weighted by atomic mass is 35.5. The highest BCUT2D eigenvalue weighted by molar-refractivity contribution is 7.93. The molecule has 10 aromatic rings. The molecule has 34 heteroatoms. The summed E-state index contributed by atoms with van der Waals surface area (Å²) in [5, 5.41) is 86.7. The Kier molecular flexibility index (Phi) is 37.1. The van der Waals surface area contributed by atoms with Gasteiger partial charge in [0.25, 0.3) is 20.0 Å². The third-order valence-electron chi connectivity index (χ3n) is 16.5. The summed E-state index contributed by atoms with van der Waals surface area (Å²) in [4.78, 5) is 111. The highest BCUT2D eigenvalue weighted by Crippen LogP contribution is 2.31. The van der Waals surface area contributed by atoms with Crippen molar-refractivity contribution in [2.45, 2.75) is 64.2 Å². The van der Waals surface area contributed by atoms with Crippen molar-refractivity contribution in [2.75, 3.05) is 16.6 Å². The van der Waals surface area contributed by atoms with Gasteiger partial charge < -0.3 is 49.6 Å². The van der Waals surface area contributed by atoms with E-state index in [1.165, 1.54) is 121 Å². The van der Waals surface area contributed by atoms with Crippen molar-refractivity contribution in [3.05, 3.63) is 332 Å². The van der Waals surface area contributed by atoms with Crippen LogP contribution in [0, 0.1) is 39.8 Å². The average Bonchev–Trinajstić information content (AvgIpc) is 0.808. The molecule has 0 heterocycles. The quantitative estimate of drug-likeness (QED) is 0.0114. The van der Waals surface area contributed by atoms with Crippen LogP contribution in [-0.2, 0) is 87.8 Å². The lowest BCUT2D eigenvalue weighted by molar-refractivity contribution is -0.132. The lowest BCUT2D eigenvalue weighted by atomic mass is 10.1. The van der Waals surface area contributed by atoms with Gasteiger partial charge in [-0.2, -0.15) is 15.8 Å². The van der Waals surface area contributed by atoms with Gasteiger partial charge in [-0.25, -0.2) is 21.2 Å². The van der Waals surface area contributed by atoms with Crippen LogP contribution in [-0.4, -0.2) is 112 Å². The molecule has 8 N–H and O–H groups in total. The first-order valence-electron chi connectivity index (χ1n) is 36.4. The van der Waals surface area contributed by atoms with Crippen LogP contribution in [0.4, 0.5) is 15.8 Å². The van der Waals surface area contributed by atoms with Crippen LogP contribution in [0.15, 0.2) is 265 Å². The largest absolute Gasteiger partial charge is 0.508 e. The summed E-state index contributed by atoms with van der Waals surface area (Å²) >= 11 is 11.7. The molecule has 0 aromatic heterocycles. The van der Waals surface area contributed by atoms with Gasteiger partial charge in [0.05, 0.1) is 41.0 Å². The monoisotopic (exact) mass is 1790 g/mol. The number of ether oxygens (including phenoxy) is 4. The fourth-order valence-electron chi connectivity index (χ4n) is 10.0. The zero-order valence-corrected chi connectivity index (χ0v) is 70.3. The van der Waals surface area contributed by atoms with E-state index in [2.05, 4.69) is 15.5 Å². The van der Waals surface area contributed by atoms with E-state index in [0.29, 0.717) is 45.9 Å². The molecule has 0 amide bonds. The van der Waals surface area contributed by atoms with Crippen LogP contribution in [0.2, 0.25) is 10.0 Å². The molecule has 0 fully saturated rings. The van der Waals surface area contributed by atoms with Gasteiger partial charge in [-0.3, -0.25) is 57.4 Å². The number of carbonyl (C=O) groups is 10. The van der Waals surface area contributed by atoms with E-state index in [9.17, 15) is 99.8 Å². The summed E-state index contributed by atoms with van der Waals surface area (Å²) < 4.78 is 89.7. The van der Waals surface area contributed by atoms with E-state index in [4.69, 9.17) is 57.9 Å². The summed E-state index contributed by atoms with van der Waals surface area (Å²) in [5.41, 5.74) is 4.10. The van der Waals surface area contributed by atoms with Gasteiger partial charge in [0.15, 0.2) is 28.9 Å². The first-order valence-corrected chi connectivity index (χ1v) is 40.1. The molecule has 0 aliphatic carbocycles. The Balaban J connectivity index is 0.000000243. The lowest BCUT2D eigenvalue weighted by Gasteiger charge is -2.11. The second-order valence-corrected chi connectivity index (χ2v) is 30.1. The van der Waals surface area contributed by atoms with Gasteiger partial charge in [-0.1, -0.05) is 120 Å². The number of Topliss-reactive ketones (excluding diaryl/α,β-unsaturated/α-hetero) is 5. The molecule has 0 spiro atoms. The molecule has 0 unspecified atom stereocenters. The molecule has 0 aliphatic heterocycles. The zero-order chi connectivity index (χ0) is 93.1. The maximum Gasteiger partial charge on any atom is 0.263 e. The van der Waals surface area contributed by atoms with Gasteiger partial charge in [-0.05, 0) is 127 Å². The molecule has 10 aromatic carbocycles. The molecule has 0 saturated carbocycles. The Morgan fingerprint density at radius 2 is 0.762 bits per heavy atom. The minimum Gasteiger partial charge on any atom is -0.508 e. The van der Waals surface area contributed by atoms with Gasteiger partial charge in [-0.15, -0.1) is 0 Å². The lowest BCUT2D eigenvalue weighted by Crippen LogP contribution is -2.14. The number of methoxy groups -OCH3 is 1. The van der Waals surface area contributed by atoms with Gasteiger partial charge in [0, 0.05) is 126 Å². The number of halogens is 3. The van der Waals surface area contributed by atoms with Crippen LogP contribution in [0.3, 0.4) is 0 Å². The van der Waals surface area contributed by atoms with Crippen molar-refractivity contribution in [2.24, 2.45) is 0 Å². The molecule has 10 rings (SSSR count). The van der Waals surface area contributed by atoms with E-state index in [-0.39, 0.29) is 95.3 Å². The fraction of sp³-hybridized carbons (Fsp3) is 0.0978. The number of aliphatic hydroxyl groups is 5. The Morgan fingerprint density at radius 1 is 0.381 bits per heavy atom. The average molecular weight is 1790 g/mol. The van der Waals surface area contributed by atoms with Crippen LogP contribution < -0.4 is 28.4 Å². The fourth-order valence-corrected chi connectivity index (χ4v) is 13.0. The van der Waals surface area contributed by atoms with Crippen LogP contribution in [0.1, 0.15) is 95.8 Å². The topological polar surface area (TPSA) is 493 Å². The first-order chi connectivity index (χ1) is 59.6. The number of sulfonamides is 2. The second kappa shape index (κ2) is 47.3. The SMILES string of the molecule is CC(=O)C(=O)C=C(O)c1cc(O)cc(OCc2ccccc2C#N)c1.CC(=O)C(=O)C=C(O)c1cccc(NS(=O)(=O)c2cc(Cl)ccc2Cl)c1.CC(=O)C(=O)C=C(O)c1cccc(NS(=O)(=O)c2ccccc2C#N)c1.CC(=O)C(=O)C=C(O)c1cccc(OCc2ccc(F)cc2C#N)c1.COc1cccc(COc2cccc(C(O)=CC(=O)C(C)=O)c2)c1. The van der Waals surface area contributed by atoms with Crippen molar-refractivity contribution < 1.29 is 119 Å². The molecule has 0 radical (unpaired) electrons. The molecular weight excluding hydrogens is 1710 g/mol. The summed E-state index contributed by atoms with van der Waals surface area (Å²) in [6, 6.07) is 61.9. The highest BCUT2D eigenvalue weighted by Gasteiger charge is 2.23. The number of anilines is 2. The van der Waals surface area contributed by atoms with E-state index in [1.54, 1.807) is 79.9 Å². The van der Waals surface area contributed by atoms with E-state index in [0.717, 1.165) is 82.4 Å². The smallest absolute Gasteiger partial charge is 0.263 e. The summed E-state index contributed by atoms with van der Waals surface area (Å²) in [7, 11) is -6.47. The van der Waals surface area contributed by atoms with Crippen molar-refractivity contribution in [1.29, 1.82) is 15.8 Å².